The molecule has 1 heterocycles. The topological polar surface area (TPSA) is 57.0 Å². The zero-order valence-corrected chi connectivity index (χ0v) is 8.73. The molecule has 0 atom stereocenters. The SMILES string of the molecule is COCCn1nnc(C=O)c1C(C)C. The standard InChI is InChI=1S/C9H15N3O2/c1-7(2)9-8(6-13)10-11-12(9)4-5-14-3/h6-7H,4-5H2,1-3H3. The van der Waals surface area contributed by atoms with Gasteiger partial charge in [0.05, 0.1) is 18.8 Å². The summed E-state index contributed by atoms with van der Waals surface area (Å²) in [7, 11) is 1.63. The van der Waals surface area contributed by atoms with E-state index in [-0.39, 0.29) is 5.92 Å². The predicted octanol–water partition coefficient (Wildman–Crippen LogP) is 0.860. The molecular formula is C9H15N3O2. The molecule has 14 heavy (non-hydrogen) atoms. The van der Waals surface area contributed by atoms with E-state index in [0.717, 1.165) is 12.0 Å². The Balaban J connectivity index is 2.92. The summed E-state index contributed by atoms with van der Waals surface area (Å²) in [6.45, 7) is 5.22. The van der Waals surface area contributed by atoms with Gasteiger partial charge >= 0.3 is 0 Å². The molecule has 0 saturated carbocycles. The minimum atomic E-state index is 0.238. The molecule has 5 nitrogen and oxygen atoms in total. The summed E-state index contributed by atoms with van der Waals surface area (Å²) in [5.74, 6) is 0.238. The van der Waals surface area contributed by atoms with Gasteiger partial charge in [-0.15, -0.1) is 5.10 Å². The van der Waals surface area contributed by atoms with E-state index in [1.807, 2.05) is 13.8 Å². The normalized spacial score (nSPS) is 10.9. The molecule has 1 aromatic rings. The van der Waals surface area contributed by atoms with Crippen molar-refractivity contribution < 1.29 is 9.53 Å². The molecule has 0 saturated heterocycles. The third kappa shape index (κ3) is 2.17. The van der Waals surface area contributed by atoms with Gasteiger partial charge < -0.3 is 4.74 Å². The number of methoxy groups -OCH3 is 1. The van der Waals surface area contributed by atoms with Gasteiger partial charge in [0.25, 0.3) is 0 Å². The molecule has 0 unspecified atom stereocenters. The second kappa shape index (κ2) is 4.85. The molecule has 0 bridgehead atoms. The van der Waals surface area contributed by atoms with Crippen LogP contribution < -0.4 is 0 Å². The van der Waals surface area contributed by atoms with Gasteiger partial charge in [0, 0.05) is 7.11 Å². The molecular weight excluding hydrogens is 182 g/mol. The van der Waals surface area contributed by atoms with E-state index in [0.29, 0.717) is 18.8 Å². The number of rotatable bonds is 5. The quantitative estimate of drug-likeness (QED) is 0.657. The van der Waals surface area contributed by atoms with E-state index < -0.39 is 0 Å². The zero-order valence-electron chi connectivity index (χ0n) is 8.73. The number of carbonyl (C=O) groups excluding carboxylic acids is 1. The first-order valence-electron chi connectivity index (χ1n) is 4.58. The van der Waals surface area contributed by atoms with Crippen molar-refractivity contribution in [1.29, 1.82) is 0 Å². The lowest BCUT2D eigenvalue weighted by molar-refractivity contribution is 0.111. The Kier molecular flexibility index (Phi) is 3.76. The van der Waals surface area contributed by atoms with Crippen LogP contribution in [0.2, 0.25) is 0 Å². The minimum absolute atomic E-state index is 0.238. The first-order chi connectivity index (χ1) is 6.70. The average molecular weight is 197 g/mol. The Morgan fingerprint density at radius 2 is 2.29 bits per heavy atom. The number of aldehydes is 1. The summed E-state index contributed by atoms with van der Waals surface area (Å²) in [5.41, 5.74) is 1.30. The molecule has 0 radical (unpaired) electrons. The number of hydrogen-bond donors (Lipinski definition) is 0. The monoisotopic (exact) mass is 197 g/mol. The van der Waals surface area contributed by atoms with Gasteiger partial charge in [0.15, 0.2) is 6.29 Å². The van der Waals surface area contributed by atoms with Crippen molar-refractivity contribution in [3.63, 3.8) is 0 Å². The Morgan fingerprint density at radius 3 is 2.79 bits per heavy atom. The minimum Gasteiger partial charge on any atom is -0.383 e. The molecule has 1 aromatic heterocycles. The maximum Gasteiger partial charge on any atom is 0.172 e. The zero-order chi connectivity index (χ0) is 10.6. The smallest absolute Gasteiger partial charge is 0.172 e. The van der Waals surface area contributed by atoms with E-state index in [1.54, 1.807) is 11.8 Å². The molecule has 0 aliphatic carbocycles. The van der Waals surface area contributed by atoms with Crippen LogP contribution in [0.25, 0.3) is 0 Å². The third-order valence-corrected chi connectivity index (χ3v) is 1.97. The first kappa shape index (κ1) is 10.8. The van der Waals surface area contributed by atoms with Crippen molar-refractivity contribution >= 4 is 6.29 Å². The fourth-order valence-corrected chi connectivity index (χ4v) is 1.35. The van der Waals surface area contributed by atoms with Gasteiger partial charge in [-0.1, -0.05) is 19.1 Å². The lowest BCUT2D eigenvalue weighted by Gasteiger charge is -2.08. The van der Waals surface area contributed by atoms with Crippen LogP contribution in [0, 0.1) is 0 Å². The highest BCUT2D eigenvalue weighted by Crippen LogP contribution is 2.15. The Labute approximate surface area is 83.1 Å². The van der Waals surface area contributed by atoms with E-state index in [1.165, 1.54) is 0 Å². The van der Waals surface area contributed by atoms with Gasteiger partial charge in [0.1, 0.15) is 5.69 Å². The lowest BCUT2D eigenvalue weighted by Crippen LogP contribution is -2.11. The van der Waals surface area contributed by atoms with Crippen LogP contribution in [0.1, 0.15) is 35.9 Å². The number of aromatic nitrogens is 3. The largest absolute Gasteiger partial charge is 0.383 e. The molecule has 0 N–H and O–H groups in total. The summed E-state index contributed by atoms with van der Waals surface area (Å²) < 4.78 is 6.67. The second-order valence-electron chi connectivity index (χ2n) is 3.35. The molecule has 0 spiro atoms. The van der Waals surface area contributed by atoms with Crippen LogP contribution >= 0.6 is 0 Å². The van der Waals surface area contributed by atoms with Crippen LogP contribution in [0.4, 0.5) is 0 Å². The van der Waals surface area contributed by atoms with Gasteiger partial charge in [-0.3, -0.25) is 4.79 Å². The highest BCUT2D eigenvalue weighted by Gasteiger charge is 2.14. The fourth-order valence-electron chi connectivity index (χ4n) is 1.35. The van der Waals surface area contributed by atoms with Crippen LogP contribution in [-0.2, 0) is 11.3 Å². The molecule has 0 fully saturated rings. The highest BCUT2D eigenvalue weighted by atomic mass is 16.5. The lowest BCUT2D eigenvalue weighted by atomic mass is 10.1. The number of nitrogens with zero attached hydrogens (tertiary/aromatic N) is 3. The van der Waals surface area contributed by atoms with Gasteiger partial charge in [0.2, 0.25) is 0 Å². The van der Waals surface area contributed by atoms with Crippen molar-refractivity contribution in [3.8, 4) is 0 Å². The van der Waals surface area contributed by atoms with Gasteiger partial charge in [-0.25, -0.2) is 4.68 Å². The van der Waals surface area contributed by atoms with Crippen molar-refractivity contribution in [3.05, 3.63) is 11.4 Å². The fraction of sp³-hybridized carbons (Fsp3) is 0.667. The maximum absolute atomic E-state index is 10.7. The van der Waals surface area contributed by atoms with Crippen molar-refractivity contribution in [1.82, 2.24) is 15.0 Å². The van der Waals surface area contributed by atoms with E-state index in [2.05, 4.69) is 10.3 Å². The van der Waals surface area contributed by atoms with Crippen molar-refractivity contribution in [2.75, 3.05) is 13.7 Å². The Morgan fingerprint density at radius 1 is 1.57 bits per heavy atom. The molecule has 0 amide bonds. The molecule has 0 aliphatic heterocycles. The maximum atomic E-state index is 10.7. The van der Waals surface area contributed by atoms with Crippen molar-refractivity contribution in [2.45, 2.75) is 26.3 Å². The summed E-state index contributed by atoms with van der Waals surface area (Å²) in [4.78, 5) is 10.7. The average Bonchev–Trinajstić information content (AvgIpc) is 2.57. The van der Waals surface area contributed by atoms with E-state index >= 15 is 0 Å². The number of carbonyl (C=O) groups is 1. The first-order valence-corrected chi connectivity index (χ1v) is 4.58. The highest BCUT2D eigenvalue weighted by molar-refractivity contribution is 5.73. The molecule has 0 aromatic carbocycles. The predicted molar refractivity (Wildman–Crippen MR) is 51.4 cm³/mol. The summed E-state index contributed by atoms with van der Waals surface area (Å²) in [5, 5.41) is 7.70. The molecule has 1 rings (SSSR count). The molecule has 0 aliphatic rings. The molecule has 78 valence electrons. The van der Waals surface area contributed by atoms with Gasteiger partial charge in [-0.05, 0) is 5.92 Å². The number of hydrogen-bond acceptors (Lipinski definition) is 4. The Bertz CT molecular complexity index is 307. The van der Waals surface area contributed by atoms with Crippen LogP contribution in [0.5, 0.6) is 0 Å². The van der Waals surface area contributed by atoms with Gasteiger partial charge in [-0.2, -0.15) is 0 Å². The molecule has 5 heteroatoms. The third-order valence-electron chi connectivity index (χ3n) is 1.97. The van der Waals surface area contributed by atoms with Crippen molar-refractivity contribution in [2.24, 2.45) is 0 Å². The van der Waals surface area contributed by atoms with E-state index in [9.17, 15) is 4.79 Å². The summed E-state index contributed by atoms with van der Waals surface area (Å²) in [6.07, 6.45) is 0.742. The van der Waals surface area contributed by atoms with E-state index in [4.69, 9.17) is 4.74 Å². The second-order valence-corrected chi connectivity index (χ2v) is 3.35. The van der Waals surface area contributed by atoms with Crippen LogP contribution in [0.15, 0.2) is 0 Å². The van der Waals surface area contributed by atoms with Crippen LogP contribution in [-0.4, -0.2) is 35.0 Å². The number of ether oxygens (including phenoxy) is 1. The Hall–Kier alpha value is -1.23. The summed E-state index contributed by atoms with van der Waals surface area (Å²) >= 11 is 0. The van der Waals surface area contributed by atoms with Crippen LogP contribution in [0.3, 0.4) is 0 Å². The summed E-state index contributed by atoms with van der Waals surface area (Å²) in [6, 6.07) is 0.